The molecule has 19 heavy (non-hydrogen) atoms. The van der Waals surface area contributed by atoms with Crippen LogP contribution in [0, 0.1) is 5.82 Å². The first-order valence-corrected chi connectivity index (χ1v) is 5.97. The van der Waals surface area contributed by atoms with Gasteiger partial charge >= 0.3 is 0 Å². The summed E-state index contributed by atoms with van der Waals surface area (Å²) in [6.45, 7) is 0.975. The lowest BCUT2D eigenvalue weighted by Crippen LogP contribution is -2.24. The van der Waals surface area contributed by atoms with Crippen molar-refractivity contribution in [2.45, 2.75) is 13.2 Å². The minimum Gasteiger partial charge on any atom is -0.483 e. The highest BCUT2D eigenvalue weighted by molar-refractivity contribution is 5.20. The maximum atomic E-state index is 13.0. The zero-order valence-corrected chi connectivity index (χ0v) is 10.4. The van der Waals surface area contributed by atoms with E-state index in [-0.39, 0.29) is 23.7 Å². The number of nitrogens with zero attached hydrogens (tertiary/aromatic N) is 1. The molecule has 2 rings (SSSR count). The average Bonchev–Trinajstić information content (AvgIpc) is 2.40. The molecule has 0 saturated carbocycles. The average molecular weight is 262 g/mol. The molecule has 0 aliphatic rings. The van der Waals surface area contributed by atoms with Gasteiger partial charge in [0.1, 0.15) is 12.4 Å². The van der Waals surface area contributed by atoms with Crippen LogP contribution < -0.4 is 16.0 Å². The van der Waals surface area contributed by atoms with Crippen LogP contribution in [0.15, 0.2) is 47.4 Å². The molecule has 0 unspecified atom stereocenters. The second-order valence-corrected chi connectivity index (χ2v) is 4.08. The van der Waals surface area contributed by atoms with Gasteiger partial charge in [-0.3, -0.25) is 4.79 Å². The highest BCUT2D eigenvalue weighted by Gasteiger charge is 2.04. The molecule has 0 radical (unpaired) electrons. The van der Waals surface area contributed by atoms with E-state index in [0.29, 0.717) is 18.7 Å². The lowest BCUT2D eigenvalue weighted by molar-refractivity contribution is 0.298. The van der Waals surface area contributed by atoms with Crippen LogP contribution in [-0.2, 0) is 13.2 Å². The monoisotopic (exact) mass is 262 g/mol. The summed E-state index contributed by atoms with van der Waals surface area (Å²) in [6, 6.07) is 9.39. The van der Waals surface area contributed by atoms with E-state index in [1.807, 2.05) is 0 Å². The molecule has 0 fully saturated rings. The number of aromatic nitrogens is 1. The summed E-state index contributed by atoms with van der Waals surface area (Å²) in [5.74, 6) is -0.0880. The third kappa shape index (κ3) is 3.42. The summed E-state index contributed by atoms with van der Waals surface area (Å²) in [7, 11) is 0. The first kappa shape index (κ1) is 13.3. The molecule has 5 heteroatoms. The van der Waals surface area contributed by atoms with E-state index in [9.17, 15) is 9.18 Å². The van der Waals surface area contributed by atoms with Crippen molar-refractivity contribution >= 4 is 0 Å². The topological polar surface area (TPSA) is 57.2 Å². The Morgan fingerprint density at radius 3 is 2.84 bits per heavy atom. The van der Waals surface area contributed by atoms with E-state index < -0.39 is 0 Å². The summed E-state index contributed by atoms with van der Waals surface area (Å²) < 4.78 is 19.9. The van der Waals surface area contributed by atoms with E-state index in [4.69, 9.17) is 10.5 Å². The van der Waals surface area contributed by atoms with E-state index in [1.165, 1.54) is 16.7 Å². The van der Waals surface area contributed by atoms with Gasteiger partial charge in [0.15, 0.2) is 5.75 Å². The molecule has 0 saturated heterocycles. The van der Waals surface area contributed by atoms with Gasteiger partial charge in [-0.15, -0.1) is 0 Å². The van der Waals surface area contributed by atoms with Gasteiger partial charge in [0, 0.05) is 19.3 Å². The third-order valence-corrected chi connectivity index (χ3v) is 2.64. The number of hydrogen-bond acceptors (Lipinski definition) is 3. The standard InChI is InChI=1S/C14H15FN2O2/c15-12-4-1-3-11(9-12)10-19-13-5-2-7-17(8-6-16)14(13)18/h1-5,7,9H,6,8,10,16H2. The van der Waals surface area contributed by atoms with Crippen molar-refractivity contribution in [3.8, 4) is 5.75 Å². The van der Waals surface area contributed by atoms with Gasteiger partial charge < -0.3 is 15.0 Å². The van der Waals surface area contributed by atoms with Crippen molar-refractivity contribution in [3.05, 3.63) is 64.3 Å². The maximum Gasteiger partial charge on any atom is 0.292 e. The summed E-state index contributed by atoms with van der Waals surface area (Å²) in [4.78, 5) is 12.0. The number of rotatable bonds is 5. The van der Waals surface area contributed by atoms with Crippen LogP contribution in [0.25, 0.3) is 0 Å². The third-order valence-electron chi connectivity index (χ3n) is 2.64. The molecule has 2 aromatic rings. The molecule has 1 aromatic heterocycles. The van der Waals surface area contributed by atoms with Crippen molar-refractivity contribution in [3.63, 3.8) is 0 Å². The minimum absolute atomic E-state index is 0.152. The summed E-state index contributed by atoms with van der Waals surface area (Å²) in [5.41, 5.74) is 5.86. The molecule has 0 atom stereocenters. The zero-order valence-electron chi connectivity index (χ0n) is 10.4. The second-order valence-electron chi connectivity index (χ2n) is 4.08. The molecule has 0 spiro atoms. The fraction of sp³-hybridized carbons (Fsp3) is 0.214. The molecule has 0 amide bonds. The lowest BCUT2D eigenvalue weighted by atomic mass is 10.2. The van der Waals surface area contributed by atoms with Crippen LogP contribution in [0.3, 0.4) is 0 Å². The highest BCUT2D eigenvalue weighted by Crippen LogP contribution is 2.08. The Hall–Kier alpha value is -2.14. The zero-order chi connectivity index (χ0) is 13.7. The molecular weight excluding hydrogens is 247 g/mol. The van der Waals surface area contributed by atoms with Crippen molar-refractivity contribution in [1.82, 2.24) is 4.57 Å². The van der Waals surface area contributed by atoms with E-state index in [1.54, 1.807) is 30.5 Å². The van der Waals surface area contributed by atoms with E-state index in [2.05, 4.69) is 0 Å². The molecule has 1 aromatic carbocycles. The van der Waals surface area contributed by atoms with Gasteiger partial charge in [-0.25, -0.2) is 4.39 Å². The predicted molar refractivity (Wildman–Crippen MR) is 70.5 cm³/mol. The Kier molecular flexibility index (Phi) is 4.30. The number of benzene rings is 1. The lowest BCUT2D eigenvalue weighted by Gasteiger charge is -2.08. The van der Waals surface area contributed by atoms with Crippen LogP contribution in [0.5, 0.6) is 5.75 Å². The Balaban J connectivity index is 2.11. The fourth-order valence-corrected chi connectivity index (χ4v) is 1.73. The van der Waals surface area contributed by atoms with E-state index in [0.717, 1.165) is 0 Å². The minimum atomic E-state index is -0.324. The van der Waals surface area contributed by atoms with Crippen LogP contribution >= 0.6 is 0 Å². The Labute approximate surface area is 110 Å². The largest absolute Gasteiger partial charge is 0.483 e. The second kappa shape index (κ2) is 6.15. The first-order valence-electron chi connectivity index (χ1n) is 5.97. The van der Waals surface area contributed by atoms with Crippen LogP contribution in [0.2, 0.25) is 0 Å². The molecule has 0 aliphatic carbocycles. The van der Waals surface area contributed by atoms with Crippen LogP contribution in [0.4, 0.5) is 4.39 Å². The molecule has 0 aliphatic heterocycles. The van der Waals surface area contributed by atoms with Gasteiger partial charge in [-0.1, -0.05) is 12.1 Å². The molecular formula is C14H15FN2O2. The first-order chi connectivity index (χ1) is 9.20. The molecule has 1 heterocycles. The van der Waals surface area contributed by atoms with Crippen LogP contribution in [0.1, 0.15) is 5.56 Å². The van der Waals surface area contributed by atoms with Crippen LogP contribution in [-0.4, -0.2) is 11.1 Å². The van der Waals surface area contributed by atoms with Gasteiger partial charge in [-0.05, 0) is 29.8 Å². The van der Waals surface area contributed by atoms with Gasteiger partial charge in [0.2, 0.25) is 0 Å². The van der Waals surface area contributed by atoms with Crippen molar-refractivity contribution in [2.75, 3.05) is 6.54 Å². The maximum absolute atomic E-state index is 13.0. The Morgan fingerprint density at radius 1 is 1.26 bits per heavy atom. The van der Waals surface area contributed by atoms with Gasteiger partial charge in [0.25, 0.3) is 5.56 Å². The fourth-order valence-electron chi connectivity index (χ4n) is 1.73. The smallest absolute Gasteiger partial charge is 0.292 e. The molecule has 100 valence electrons. The summed E-state index contributed by atoms with van der Waals surface area (Å²) in [6.07, 6.45) is 1.66. The highest BCUT2D eigenvalue weighted by atomic mass is 19.1. The molecule has 0 bridgehead atoms. The van der Waals surface area contributed by atoms with Crippen molar-refractivity contribution < 1.29 is 9.13 Å². The SMILES string of the molecule is NCCn1cccc(OCc2cccc(F)c2)c1=O. The molecule has 4 nitrogen and oxygen atoms in total. The predicted octanol–water partition coefficient (Wildman–Crippen LogP) is 1.53. The molecule has 2 N–H and O–H groups in total. The van der Waals surface area contributed by atoms with E-state index >= 15 is 0 Å². The van der Waals surface area contributed by atoms with Crippen molar-refractivity contribution in [1.29, 1.82) is 0 Å². The number of hydrogen-bond donors (Lipinski definition) is 1. The number of nitrogens with two attached hydrogens (primary N) is 1. The number of halogens is 1. The quantitative estimate of drug-likeness (QED) is 0.889. The Bertz CT molecular complexity index is 610. The van der Waals surface area contributed by atoms with Gasteiger partial charge in [0.05, 0.1) is 0 Å². The normalized spacial score (nSPS) is 10.4. The summed E-state index contributed by atoms with van der Waals surface area (Å²) >= 11 is 0. The number of ether oxygens (including phenoxy) is 1. The van der Waals surface area contributed by atoms with Crippen molar-refractivity contribution in [2.24, 2.45) is 5.73 Å². The Morgan fingerprint density at radius 2 is 2.11 bits per heavy atom. The van der Waals surface area contributed by atoms with Gasteiger partial charge in [-0.2, -0.15) is 0 Å². The summed E-state index contributed by atoms with van der Waals surface area (Å²) in [5, 5.41) is 0. The number of pyridine rings is 1.